The third-order valence-corrected chi connectivity index (χ3v) is 4.65. The third-order valence-electron chi connectivity index (χ3n) is 1.55. The van der Waals surface area contributed by atoms with Crippen LogP contribution in [0.2, 0.25) is 6.04 Å². The van der Waals surface area contributed by atoms with Crippen LogP contribution in [0.5, 0.6) is 0 Å². The van der Waals surface area contributed by atoms with Gasteiger partial charge >= 0.3 is 38.4 Å². The van der Waals surface area contributed by atoms with Gasteiger partial charge in [-0.15, -0.1) is 11.6 Å². The van der Waals surface area contributed by atoms with Gasteiger partial charge in [0.05, 0.1) is 0 Å². The topological polar surface area (TPSA) is 27.7 Å². The van der Waals surface area contributed by atoms with Gasteiger partial charge in [0.2, 0.25) is 0 Å². The first-order valence-corrected chi connectivity index (χ1v) is 5.92. The first-order valence-electron chi connectivity index (χ1n) is 3.46. The van der Waals surface area contributed by atoms with Crippen molar-refractivity contribution in [1.82, 2.24) is 0 Å². The number of halogens is 1. The molecule has 0 N–H and O–H groups in total. The molecule has 0 aromatic rings. The van der Waals surface area contributed by atoms with Crippen molar-refractivity contribution in [2.75, 3.05) is 27.2 Å². The van der Waals surface area contributed by atoms with E-state index in [0.717, 1.165) is 12.5 Å². The van der Waals surface area contributed by atoms with E-state index < -0.39 is 8.80 Å². The Morgan fingerprint density at radius 3 is 1.38 bits per heavy atom. The quantitative estimate of drug-likeness (QED) is 0.529. The van der Waals surface area contributed by atoms with Crippen molar-refractivity contribution in [3.8, 4) is 0 Å². The fourth-order valence-electron chi connectivity index (χ4n) is 0.840. The summed E-state index contributed by atoms with van der Waals surface area (Å²) >= 11 is 5.53. The minimum absolute atomic E-state index is 0. The van der Waals surface area contributed by atoms with Crippen LogP contribution in [0.25, 0.3) is 0 Å². The van der Waals surface area contributed by atoms with Gasteiger partial charge in [-0.25, -0.2) is 0 Å². The Kier molecular flexibility index (Phi) is 52.1. The van der Waals surface area contributed by atoms with Crippen LogP contribution in [-0.4, -0.2) is 65.6 Å². The molecule has 0 fully saturated rings. The van der Waals surface area contributed by atoms with Crippen molar-refractivity contribution in [3.05, 3.63) is 0 Å². The first-order chi connectivity index (χ1) is 5.24. The molecular formula is C6H24ClNaO3S4Si. The van der Waals surface area contributed by atoms with E-state index in [4.69, 9.17) is 24.9 Å². The van der Waals surface area contributed by atoms with E-state index in [2.05, 4.69) is 0 Å². The Bertz CT molecular complexity index is 108. The molecule has 0 heterocycles. The van der Waals surface area contributed by atoms with Crippen molar-refractivity contribution in [2.24, 2.45) is 0 Å². The predicted molar refractivity (Wildman–Crippen MR) is 95.6 cm³/mol. The van der Waals surface area contributed by atoms with Crippen molar-refractivity contribution in [2.45, 2.75) is 12.5 Å². The predicted octanol–water partition coefficient (Wildman–Crippen LogP) is 1.30. The van der Waals surface area contributed by atoms with E-state index in [1.807, 2.05) is 0 Å². The third kappa shape index (κ3) is 14.8. The molecule has 0 bridgehead atoms. The molecule has 0 amide bonds. The molecule has 0 atom stereocenters. The molecule has 0 spiro atoms. The fraction of sp³-hybridized carbons (Fsp3) is 1.00. The summed E-state index contributed by atoms with van der Waals surface area (Å²) in [7, 11) is 2.49. The molecule has 0 aromatic carbocycles. The van der Waals surface area contributed by atoms with E-state index in [0.29, 0.717) is 5.88 Å². The summed E-state index contributed by atoms with van der Waals surface area (Å²) in [6.45, 7) is 0. The van der Waals surface area contributed by atoms with Crippen molar-refractivity contribution >= 4 is 104 Å². The number of alkyl halides is 1. The van der Waals surface area contributed by atoms with Crippen LogP contribution in [-0.2, 0) is 13.3 Å². The van der Waals surface area contributed by atoms with E-state index in [9.17, 15) is 0 Å². The van der Waals surface area contributed by atoms with Crippen LogP contribution < -0.4 is 0 Å². The Morgan fingerprint density at radius 1 is 0.875 bits per heavy atom. The average molecular weight is 359 g/mol. The molecule has 0 saturated heterocycles. The summed E-state index contributed by atoms with van der Waals surface area (Å²) in [6, 6.07) is 0.778. The zero-order valence-corrected chi connectivity index (χ0v) is 15.0. The Hall–Kier alpha value is 2.79. The van der Waals surface area contributed by atoms with Crippen molar-refractivity contribution in [1.29, 1.82) is 0 Å². The number of hydrogen-bond acceptors (Lipinski definition) is 3. The van der Waals surface area contributed by atoms with Gasteiger partial charge in [0, 0.05) is 33.3 Å². The monoisotopic (exact) mass is 358 g/mol. The van der Waals surface area contributed by atoms with Crippen LogP contribution in [0.3, 0.4) is 0 Å². The second kappa shape index (κ2) is 22.9. The standard InChI is InChI=1S/C6H15ClO3Si.Na.4H2S.H/c1-8-11(9-2,10-3)6-4-5-7;;;;;;/h4-6H2,1-3H3;;4*1H2;. The Balaban J connectivity index is -0.0000000500. The fourth-order valence-corrected chi connectivity index (χ4v) is 2.92. The summed E-state index contributed by atoms with van der Waals surface area (Å²) < 4.78 is 15.5. The summed E-state index contributed by atoms with van der Waals surface area (Å²) in [5, 5.41) is 0. The van der Waals surface area contributed by atoms with Crippen LogP contribution in [0.15, 0.2) is 0 Å². The molecule has 102 valence electrons. The van der Waals surface area contributed by atoms with Crippen molar-refractivity contribution < 1.29 is 13.3 Å². The van der Waals surface area contributed by atoms with Gasteiger partial charge in [0.1, 0.15) is 0 Å². The molecule has 0 aliphatic carbocycles. The Labute approximate surface area is 155 Å². The zero-order valence-electron chi connectivity index (χ0n) is 9.22. The van der Waals surface area contributed by atoms with Gasteiger partial charge in [-0.05, 0) is 6.42 Å². The first kappa shape index (κ1) is 36.4. The van der Waals surface area contributed by atoms with Crippen LogP contribution >= 0.6 is 65.6 Å². The van der Waals surface area contributed by atoms with E-state index in [1.165, 1.54) is 0 Å². The second-order valence-corrected chi connectivity index (χ2v) is 5.56. The molecule has 0 aromatic heterocycles. The molecular weight excluding hydrogens is 335 g/mol. The molecule has 0 rings (SSSR count). The molecule has 10 heteroatoms. The summed E-state index contributed by atoms with van der Waals surface area (Å²) in [5.74, 6) is 0.616. The number of hydrogen-bond donors (Lipinski definition) is 0. The van der Waals surface area contributed by atoms with Crippen LogP contribution in [0.4, 0.5) is 0 Å². The van der Waals surface area contributed by atoms with Gasteiger partial charge in [0.15, 0.2) is 0 Å². The zero-order chi connectivity index (χ0) is 8.74. The van der Waals surface area contributed by atoms with Crippen molar-refractivity contribution in [3.63, 3.8) is 0 Å². The molecule has 0 saturated carbocycles. The van der Waals surface area contributed by atoms with Gasteiger partial charge in [-0.3, -0.25) is 0 Å². The van der Waals surface area contributed by atoms with Gasteiger partial charge in [-0.1, -0.05) is 0 Å². The Morgan fingerprint density at radius 2 is 1.19 bits per heavy atom. The summed E-state index contributed by atoms with van der Waals surface area (Å²) in [6.07, 6.45) is 0.864. The molecule has 0 aliphatic rings. The second-order valence-electron chi connectivity index (χ2n) is 2.09. The van der Waals surface area contributed by atoms with E-state index >= 15 is 0 Å². The maximum absolute atomic E-state index is 5.53. The van der Waals surface area contributed by atoms with E-state index in [1.54, 1.807) is 21.3 Å². The maximum atomic E-state index is 5.53. The molecule has 3 nitrogen and oxygen atoms in total. The van der Waals surface area contributed by atoms with Crippen LogP contribution in [0, 0.1) is 0 Å². The molecule has 0 unspecified atom stereocenters. The van der Waals surface area contributed by atoms with E-state index in [-0.39, 0.29) is 83.5 Å². The molecule has 16 heavy (non-hydrogen) atoms. The average Bonchev–Trinajstić information content (AvgIpc) is 2.08. The summed E-state index contributed by atoms with van der Waals surface area (Å²) in [4.78, 5) is 0. The SMILES string of the molecule is CO[Si](CCCCl)(OC)OC.S.S.S.S.[NaH]. The minimum atomic E-state index is -2.32. The van der Waals surface area contributed by atoms with Gasteiger partial charge in [0.25, 0.3) is 0 Å². The molecule has 0 aliphatic heterocycles. The van der Waals surface area contributed by atoms with Gasteiger partial charge in [-0.2, -0.15) is 54.0 Å². The normalized spacial score (nSPS) is 8.25. The molecule has 0 radical (unpaired) electrons. The number of rotatable bonds is 6. The van der Waals surface area contributed by atoms with Crippen LogP contribution in [0.1, 0.15) is 6.42 Å². The summed E-state index contributed by atoms with van der Waals surface area (Å²) in [5.41, 5.74) is 0. The van der Waals surface area contributed by atoms with Gasteiger partial charge < -0.3 is 13.3 Å².